The van der Waals surface area contributed by atoms with Crippen LogP contribution in [0.15, 0.2) is 54.9 Å². The topological polar surface area (TPSA) is 58.6 Å². The van der Waals surface area contributed by atoms with Crippen LogP contribution in [0.1, 0.15) is 28.9 Å². The summed E-state index contributed by atoms with van der Waals surface area (Å²) in [5.74, 6) is 0.808. The number of fused-ring (bicyclic) bond motifs is 1. The fourth-order valence-corrected chi connectivity index (χ4v) is 4.08. The quantitative estimate of drug-likeness (QED) is 0.671. The monoisotopic (exact) mass is 388 g/mol. The van der Waals surface area contributed by atoms with Crippen LogP contribution in [0.4, 0.5) is 5.82 Å². The van der Waals surface area contributed by atoms with Crippen LogP contribution < -0.4 is 4.90 Å². The van der Waals surface area contributed by atoms with Crippen LogP contribution in [-0.2, 0) is 11.3 Å². The molecular formula is C23H24N4O2. The molecule has 3 aromatic rings. The van der Waals surface area contributed by atoms with Gasteiger partial charge in [0.2, 0.25) is 0 Å². The Bertz CT molecular complexity index is 1020. The highest BCUT2D eigenvalue weighted by Gasteiger charge is 2.33. The summed E-state index contributed by atoms with van der Waals surface area (Å²) in [5, 5.41) is 2.44. The molecule has 2 aliphatic rings. The molecule has 2 aromatic carbocycles. The van der Waals surface area contributed by atoms with Crippen LogP contribution in [0.2, 0.25) is 0 Å². The van der Waals surface area contributed by atoms with Gasteiger partial charge in [0, 0.05) is 32.2 Å². The average Bonchev–Trinajstić information content (AvgIpc) is 3.27. The zero-order chi connectivity index (χ0) is 19.6. The van der Waals surface area contributed by atoms with E-state index in [0.29, 0.717) is 25.4 Å². The van der Waals surface area contributed by atoms with E-state index in [1.807, 2.05) is 18.2 Å². The lowest BCUT2D eigenvalue weighted by Gasteiger charge is -2.38. The molecule has 6 heteroatoms. The number of carbonyl (C=O) groups is 1. The van der Waals surface area contributed by atoms with Gasteiger partial charge in [-0.25, -0.2) is 9.97 Å². The number of rotatable bonds is 5. The summed E-state index contributed by atoms with van der Waals surface area (Å²) in [6.07, 6.45) is 3.91. The lowest BCUT2D eigenvalue weighted by atomic mass is 10.1. The number of hydrogen-bond donors (Lipinski definition) is 0. The highest BCUT2D eigenvalue weighted by atomic mass is 16.5. The third kappa shape index (κ3) is 3.68. The summed E-state index contributed by atoms with van der Waals surface area (Å²) in [7, 11) is 0. The predicted molar refractivity (Wildman–Crippen MR) is 112 cm³/mol. The molecule has 0 atom stereocenters. The van der Waals surface area contributed by atoms with Gasteiger partial charge in [-0.15, -0.1) is 0 Å². The van der Waals surface area contributed by atoms with Gasteiger partial charge >= 0.3 is 0 Å². The first-order valence-electron chi connectivity index (χ1n) is 10.2. The number of aromatic nitrogens is 2. The highest BCUT2D eigenvalue weighted by molar-refractivity contribution is 5.93. The number of carbonyl (C=O) groups excluding carboxylic acids is 1. The SMILES string of the molecule is O=C(c1cc(N2CCCC2)ncn1)N1CC(OCc2cccc3ccccc23)C1. The molecule has 2 aliphatic heterocycles. The molecule has 0 N–H and O–H groups in total. The molecule has 2 saturated heterocycles. The second-order valence-electron chi connectivity index (χ2n) is 7.74. The molecule has 148 valence electrons. The van der Waals surface area contributed by atoms with E-state index in [9.17, 15) is 4.79 Å². The summed E-state index contributed by atoms with van der Waals surface area (Å²) < 4.78 is 6.06. The Morgan fingerprint density at radius 1 is 1.03 bits per heavy atom. The lowest BCUT2D eigenvalue weighted by Crippen LogP contribution is -2.54. The Balaban J connectivity index is 1.18. The number of hydrogen-bond acceptors (Lipinski definition) is 5. The van der Waals surface area contributed by atoms with Crippen molar-refractivity contribution in [3.05, 3.63) is 66.1 Å². The van der Waals surface area contributed by atoms with E-state index in [1.165, 1.54) is 35.5 Å². The second kappa shape index (κ2) is 7.79. The van der Waals surface area contributed by atoms with Gasteiger partial charge in [0.1, 0.15) is 17.8 Å². The molecule has 3 heterocycles. The van der Waals surface area contributed by atoms with Crippen molar-refractivity contribution in [2.24, 2.45) is 0 Å². The summed E-state index contributed by atoms with van der Waals surface area (Å²) in [6.45, 7) is 3.76. The van der Waals surface area contributed by atoms with Gasteiger partial charge in [-0.3, -0.25) is 4.79 Å². The fraction of sp³-hybridized carbons (Fsp3) is 0.348. The van der Waals surface area contributed by atoms with E-state index in [0.717, 1.165) is 18.9 Å². The summed E-state index contributed by atoms with van der Waals surface area (Å²) in [4.78, 5) is 25.3. The van der Waals surface area contributed by atoms with Crippen LogP contribution >= 0.6 is 0 Å². The maximum atomic E-state index is 12.8. The predicted octanol–water partition coefficient (Wildman–Crippen LogP) is 3.27. The molecule has 1 aromatic heterocycles. The molecule has 29 heavy (non-hydrogen) atoms. The molecule has 0 radical (unpaired) electrons. The largest absolute Gasteiger partial charge is 0.370 e. The normalized spacial score (nSPS) is 17.0. The van der Waals surface area contributed by atoms with Gasteiger partial charge in [0.15, 0.2) is 0 Å². The molecular weight excluding hydrogens is 364 g/mol. The van der Waals surface area contributed by atoms with Gasteiger partial charge in [-0.05, 0) is 29.2 Å². The molecule has 6 nitrogen and oxygen atoms in total. The number of likely N-dealkylation sites (tertiary alicyclic amines) is 1. The standard InChI is InChI=1S/C23H24N4O2/c28-23(21-12-22(25-16-24-21)26-10-3-4-11-26)27-13-19(14-27)29-15-18-8-5-7-17-6-1-2-9-20(17)18/h1-2,5-9,12,16,19H,3-4,10-11,13-15H2. The third-order valence-electron chi connectivity index (χ3n) is 5.79. The molecule has 0 bridgehead atoms. The van der Waals surface area contributed by atoms with Gasteiger partial charge in [0.25, 0.3) is 5.91 Å². The molecule has 0 unspecified atom stereocenters. The smallest absolute Gasteiger partial charge is 0.272 e. The first kappa shape index (κ1) is 18.1. The maximum absolute atomic E-state index is 12.8. The summed E-state index contributed by atoms with van der Waals surface area (Å²) in [5.41, 5.74) is 1.65. The van der Waals surface area contributed by atoms with E-state index in [-0.39, 0.29) is 12.0 Å². The van der Waals surface area contributed by atoms with E-state index >= 15 is 0 Å². The Labute approximate surface area is 170 Å². The molecule has 5 rings (SSSR count). The molecule has 0 spiro atoms. The second-order valence-corrected chi connectivity index (χ2v) is 7.74. The van der Waals surface area contributed by atoms with Gasteiger partial charge in [-0.1, -0.05) is 42.5 Å². The molecule has 2 fully saturated rings. The average molecular weight is 388 g/mol. The maximum Gasteiger partial charge on any atom is 0.272 e. The number of amides is 1. The van der Waals surface area contributed by atoms with Crippen LogP contribution in [0, 0.1) is 0 Å². The van der Waals surface area contributed by atoms with Crippen molar-refractivity contribution in [1.82, 2.24) is 14.9 Å². The molecule has 1 amide bonds. The summed E-state index contributed by atoms with van der Waals surface area (Å²) >= 11 is 0. The summed E-state index contributed by atoms with van der Waals surface area (Å²) in [6, 6.07) is 16.4. The minimum atomic E-state index is -0.0437. The first-order valence-corrected chi connectivity index (χ1v) is 10.2. The Morgan fingerprint density at radius 2 is 1.83 bits per heavy atom. The Morgan fingerprint density at radius 3 is 2.69 bits per heavy atom. The van der Waals surface area contributed by atoms with Gasteiger partial charge < -0.3 is 14.5 Å². The van der Waals surface area contributed by atoms with Gasteiger partial charge in [-0.2, -0.15) is 0 Å². The Hall–Kier alpha value is -2.99. The first-order chi connectivity index (χ1) is 14.3. The van der Waals surface area contributed by atoms with Gasteiger partial charge in [0.05, 0.1) is 12.7 Å². The van der Waals surface area contributed by atoms with Crippen molar-refractivity contribution < 1.29 is 9.53 Å². The zero-order valence-corrected chi connectivity index (χ0v) is 16.3. The van der Waals surface area contributed by atoms with Crippen LogP contribution in [0.3, 0.4) is 0 Å². The fourth-order valence-electron chi connectivity index (χ4n) is 4.08. The van der Waals surface area contributed by atoms with Crippen LogP contribution in [0.25, 0.3) is 10.8 Å². The number of anilines is 1. The lowest BCUT2D eigenvalue weighted by molar-refractivity contribution is -0.0501. The van der Waals surface area contributed by atoms with Crippen molar-refractivity contribution in [3.63, 3.8) is 0 Å². The minimum Gasteiger partial charge on any atom is -0.370 e. The highest BCUT2D eigenvalue weighted by Crippen LogP contribution is 2.23. The molecule has 0 aliphatic carbocycles. The number of benzene rings is 2. The Kier molecular flexibility index (Phi) is 4.86. The van der Waals surface area contributed by atoms with Crippen molar-refractivity contribution in [1.29, 1.82) is 0 Å². The van der Waals surface area contributed by atoms with Crippen molar-refractivity contribution in [2.45, 2.75) is 25.6 Å². The molecule has 0 saturated carbocycles. The van der Waals surface area contributed by atoms with Crippen molar-refractivity contribution >= 4 is 22.5 Å². The number of nitrogens with zero attached hydrogens (tertiary/aromatic N) is 4. The van der Waals surface area contributed by atoms with Crippen LogP contribution in [0.5, 0.6) is 0 Å². The van der Waals surface area contributed by atoms with E-state index in [4.69, 9.17) is 4.74 Å². The van der Waals surface area contributed by atoms with Crippen LogP contribution in [-0.4, -0.2) is 53.1 Å². The number of ether oxygens (including phenoxy) is 1. The minimum absolute atomic E-state index is 0.0437. The van der Waals surface area contributed by atoms with E-state index in [1.54, 1.807) is 4.90 Å². The van der Waals surface area contributed by atoms with E-state index < -0.39 is 0 Å². The van der Waals surface area contributed by atoms with Crippen molar-refractivity contribution in [2.75, 3.05) is 31.1 Å². The third-order valence-corrected chi connectivity index (χ3v) is 5.79. The zero-order valence-electron chi connectivity index (χ0n) is 16.3. The van der Waals surface area contributed by atoms with Crippen molar-refractivity contribution in [3.8, 4) is 0 Å². The van der Waals surface area contributed by atoms with E-state index in [2.05, 4.69) is 45.2 Å².